The second kappa shape index (κ2) is 7.64. The number of aromatic amines is 1. The summed E-state index contributed by atoms with van der Waals surface area (Å²) in [7, 11) is 0. The zero-order chi connectivity index (χ0) is 22.3. The van der Waals surface area contributed by atoms with Crippen LogP contribution in [0, 0.1) is 0 Å². The van der Waals surface area contributed by atoms with Crippen LogP contribution in [0.3, 0.4) is 0 Å². The van der Waals surface area contributed by atoms with Gasteiger partial charge in [0.1, 0.15) is 11.9 Å². The van der Waals surface area contributed by atoms with Gasteiger partial charge in [0, 0.05) is 13.0 Å². The summed E-state index contributed by atoms with van der Waals surface area (Å²) in [6.07, 6.45) is -8.90. The van der Waals surface area contributed by atoms with Gasteiger partial charge in [-0.05, 0) is 31.5 Å². The number of benzene rings is 1. The number of fused-ring (bicyclic) bond motifs is 1. The maximum Gasteiger partial charge on any atom is 0.416 e. The van der Waals surface area contributed by atoms with Crippen LogP contribution in [-0.4, -0.2) is 58.0 Å². The highest BCUT2D eigenvalue weighted by Gasteiger charge is 2.48. The molecule has 1 fully saturated rings. The van der Waals surface area contributed by atoms with Crippen molar-refractivity contribution in [3.05, 3.63) is 29.6 Å². The summed E-state index contributed by atoms with van der Waals surface area (Å²) in [5.74, 6) is 0.413. The van der Waals surface area contributed by atoms with Gasteiger partial charge in [0.15, 0.2) is 5.60 Å². The predicted octanol–water partition coefficient (Wildman–Crippen LogP) is 3.92. The summed E-state index contributed by atoms with van der Waals surface area (Å²) in [4.78, 5) is 20.1. The Morgan fingerprint density at radius 3 is 2.50 bits per heavy atom. The van der Waals surface area contributed by atoms with Crippen molar-refractivity contribution in [2.45, 2.75) is 50.8 Å². The first kappa shape index (κ1) is 22.2. The lowest BCUT2D eigenvalue weighted by Crippen LogP contribution is -2.42. The molecule has 0 spiro atoms. The van der Waals surface area contributed by atoms with Gasteiger partial charge in [0.25, 0.3) is 0 Å². The molecule has 30 heavy (non-hydrogen) atoms. The lowest BCUT2D eigenvalue weighted by molar-refractivity contribution is -0.263. The predicted molar refractivity (Wildman–Crippen MR) is 94.7 cm³/mol. The van der Waals surface area contributed by atoms with Gasteiger partial charge in [-0.1, -0.05) is 6.07 Å². The number of ether oxygens (including phenoxy) is 1. The summed E-state index contributed by atoms with van der Waals surface area (Å²) in [6, 6.07) is 2.19. The molecule has 12 heteroatoms. The third kappa shape index (κ3) is 4.79. The zero-order valence-corrected chi connectivity index (χ0v) is 16.1. The highest BCUT2D eigenvalue weighted by atomic mass is 19.4. The molecule has 1 aromatic carbocycles. The maximum atomic E-state index is 12.8. The average Bonchev–Trinajstić information content (AvgIpc) is 3.16. The van der Waals surface area contributed by atoms with E-state index in [-0.39, 0.29) is 19.6 Å². The molecule has 2 aromatic rings. The topological polar surface area (TPSA) is 70.2 Å². The van der Waals surface area contributed by atoms with Crippen molar-refractivity contribution in [1.29, 1.82) is 0 Å². The first-order valence-electron chi connectivity index (χ1n) is 9.06. The van der Waals surface area contributed by atoms with Gasteiger partial charge in [-0.2, -0.15) is 26.3 Å². The molecule has 166 valence electrons. The van der Waals surface area contributed by atoms with Crippen LogP contribution in [0.5, 0.6) is 0 Å². The monoisotopic (exact) mass is 438 g/mol. The number of nitrogens with zero attached hydrogens (tertiary/aromatic N) is 2. The van der Waals surface area contributed by atoms with E-state index in [1.165, 1.54) is 0 Å². The van der Waals surface area contributed by atoms with E-state index in [1.807, 2.05) is 5.32 Å². The molecule has 1 aliphatic rings. The number of halogens is 6. The fourth-order valence-corrected chi connectivity index (χ4v) is 2.94. The summed E-state index contributed by atoms with van der Waals surface area (Å²) in [6.45, 7) is 1.17. The molecular formula is C18H20F6N4O2. The molecular weight excluding hydrogens is 418 g/mol. The Labute approximate surface area is 167 Å². The average molecular weight is 438 g/mol. The van der Waals surface area contributed by atoms with E-state index >= 15 is 0 Å². The fourth-order valence-electron chi connectivity index (χ4n) is 2.94. The summed E-state index contributed by atoms with van der Waals surface area (Å²) >= 11 is 0. The zero-order valence-electron chi connectivity index (χ0n) is 16.1. The molecule has 0 radical (unpaired) electrons. The van der Waals surface area contributed by atoms with Crippen LogP contribution in [0.1, 0.15) is 25.2 Å². The van der Waals surface area contributed by atoms with Crippen LogP contribution in [-0.2, 0) is 17.7 Å². The lowest BCUT2D eigenvalue weighted by Gasteiger charge is -2.27. The van der Waals surface area contributed by atoms with Gasteiger partial charge in [-0.25, -0.2) is 9.78 Å². The standard InChI is InChI=1S/C18H20F6N4O2/c1-16(2,18(22,23)24)30-6-5-14-25-11-4-3-10(7-12(11)26-14)8-28-9-13(17(19,20)21)27-15(28)29/h3-4,7,13H,5-6,8-9H2,1-2H3,(H,25,26)(H,27,29)/t13-/m0/s1. The fraction of sp³-hybridized carbons (Fsp3) is 0.556. The van der Waals surface area contributed by atoms with Crippen molar-refractivity contribution >= 4 is 17.1 Å². The summed E-state index contributed by atoms with van der Waals surface area (Å²) in [5, 5.41) is 1.90. The molecule has 0 bridgehead atoms. The maximum absolute atomic E-state index is 12.8. The molecule has 2 heterocycles. The van der Waals surface area contributed by atoms with E-state index in [4.69, 9.17) is 4.74 Å². The molecule has 0 aliphatic carbocycles. The van der Waals surface area contributed by atoms with Crippen molar-refractivity contribution in [1.82, 2.24) is 20.2 Å². The second-order valence-corrected chi connectivity index (χ2v) is 7.57. The Hall–Kier alpha value is -2.50. The molecule has 1 atom stereocenters. The summed E-state index contributed by atoms with van der Waals surface area (Å²) in [5.41, 5.74) is -0.589. The van der Waals surface area contributed by atoms with E-state index in [0.29, 0.717) is 22.4 Å². The summed E-state index contributed by atoms with van der Waals surface area (Å²) < 4.78 is 81.7. The van der Waals surface area contributed by atoms with E-state index < -0.39 is 36.6 Å². The van der Waals surface area contributed by atoms with Gasteiger partial charge in [-0.3, -0.25) is 0 Å². The largest absolute Gasteiger partial charge is 0.416 e. The quantitative estimate of drug-likeness (QED) is 0.672. The highest BCUT2D eigenvalue weighted by molar-refractivity contribution is 5.78. The van der Waals surface area contributed by atoms with E-state index in [9.17, 15) is 31.1 Å². The van der Waals surface area contributed by atoms with Gasteiger partial charge < -0.3 is 19.9 Å². The van der Waals surface area contributed by atoms with Gasteiger partial charge in [0.2, 0.25) is 0 Å². The molecule has 2 N–H and O–H groups in total. The number of nitrogens with one attached hydrogen (secondary N) is 2. The van der Waals surface area contributed by atoms with Crippen molar-refractivity contribution in [2.75, 3.05) is 13.2 Å². The third-order valence-corrected chi connectivity index (χ3v) is 4.84. The molecule has 1 aliphatic heterocycles. The van der Waals surface area contributed by atoms with Crippen LogP contribution >= 0.6 is 0 Å². The number of urea groups is 1. The van der Waals surface area contributed by atoms with Crippen molar-refractivity contribution in [3.63, 3.8) is 0 Å². The number of hydrogen-bond donors (Lipinski definition) is 2. The molecule has 3 rings (SSSR count). The first-order valence-corrected chi connectivity index (χ1v) is 9.06. The minimum Gasteiger partial charge on any atom is -0.366 e. The third-order valence-electron chi connectivity index (χ3n) is 4.84. The number of rotatable bonds is 6. The van der Waals surface area contributed by atoms with E-state index in [1.54, 1.807) is 18.2 Å². The van der Waals surface area contributed by atoms with Gasteiger partial charge in [-0.15, -0.1) is 0 Å². The SMILES string of the molecule is CC(C)(OCCc1nc2ccc(CN3C[C@@H](C(F)(F)F)NC3=O)cc2[nH]1)C(F)(F)F. The number of alkyl halides is 6. The van der Waals surface area contributed by atoms with Crippen molar-refractivity contribution in [3.8, 4) is 0 Å². The number of imidazole rings is 1. The first-order chi connectivity index (χ1) is 13.8. The number of hydrogen-bond acceptors (Lipinski definition) is 3. The minimum atomic E-state index is -4.52. The number of amides is 2. The molecule has 6 nitrogen and oxygen atoms in total. The molecule has 1 aromatic heterocycles. The molecule has 0 saturated carbocycles. The van der Waals surface area contributed by atoms with Crippen molar-refractivity contribution in [2.24, 2.45) is 0 Å². The molecule has 2 amide bonds. The van der Waals surface area contributed by atoms with Crippen LogP contribution in [0.4, 0.5) is 31.1 Å². The van der Waals surface area contributed by atoms with Crippen LogP contribution in [0.15, 0.2) is 18.2 Å². The van der Waals surface area contributed by atoms with Crippen LogP contribution < -0.4 is 5.32 Å². The normalized spacial score (nSPS) is 18.3. The van der Waals surface area contributed by atoms with E-state index in [2.05, 4.69) is 9.97 Å². The Morgan fingerprint density at radius 2 is 1.90 bits per heavy atom. The van der Waals surface area contributed by atoms with Crippen molar-refractivity contribution < 1.29 is 35.9 Å². The molecule has 0 unspecified atom stereocenters. The van der Waals surface area contributed by atoms with Crippen LogP contribution in [0.25, 0.3) is 11.0 Å². The number of H-pyrrole nitrogens is 1. The van der Waals surface area contributed by atoms with Crippen LogP contribution in [0.2, 0.25) is 0 Å². The smallest absolute Gasteiger partial charge is 0.366 e. The lowest BCUT2D eigenvalue weighted by atomic mass is 10.1. The Balaban J connectivity index is 1.63. The second-order valence-electron chi connectivity index (χ2n) is 7.57. The van der Waals surface area contributed by atoms with E-state index in [0.717, 1.165) is 18.7 Å². The van der Waals surface area contributed by atoms with Gasteiger partial charge >= 0.3 is 18.4 Å². The van der Waals surface area contributed by atoms with Gasteiger partial charge in [0.05, 0.1) is 24.2 Å². The minimum absolute atomic E-state index is 0.0222. The number of carbonyl (C=O) groups excluding carboxylic acids is 1. The number of aromatic nitrogens is 2. The molecule has 1 saturated heterocycles. The number of carbonyl (C=O) groups is 1. The Kier molecular flexibility index (Phi) is 5.65. The Bertz CT molecular complexity index is 922. The highest BCUT2D eigenvalue weighted by Crippen LogP contribution is 2.33. The Morgan fingerprint density at radius 1 is 1.20 bits per heavy atom.